The van der Waals surface area contributed by atoms with Crippen molar-refractivity contribution in [1.82, 2.24) is 5.43 Å². The number of esters is 1. The van der Waals surface area contributed by atoms with Gasteiger partial charge in [0, 0.05) is 5.69 Å². The average Bonchev–Trinajstić information content (AvgIpc) is 3.01. The van der Waals surface area contributed by atoms with Crippen LogP contribution in [0.5, 0.6) is 11.5 Å². The predicted molar refractivity (Wildman–Crippen MR) is 164 cm³/mol. The van der Waals surface area contributed by atoms with E-state index in [1.165, 1.54) is 18.3 Å². The highest BCUT2D eigenvalue weighted by Crippen LogP contribution is 2.19. The molecule has 0 aromatic heterocycles. The minimum atomic E-state index is -1.03. The lowest BCUT2D eigenvalue weighted by atomic mass is 10.1. The predicted octanol–water partition coefficient (Wildman–Crippen LogP) is 5.34. The number of amides is 3. The topological polar surface area (TPSA) is 135 Å². The number of rotatable bonds is 10. The van der Waals surface area contributed by atoms with Gasteiger partial charge < -0.3 is 20.1 Å². The van der Waals surface area contributed by atoms with Crippen LogP contribution in [0.2, 0.25) is 0 Å². The van der Waals surface area contributed by atoms with Crippen LogP contribution in [0.3, 0.4) is 0 Å². The number of carbonyl (C=O) groups excluding carboxylic acids is 4. The molecule has 0 fully saturated rings. The maximum Gasteiger partial charge on any atom is 0.343 e. The summed E-state index contributed by atoms with van der Waals surface area (Å²) < 4.78 is 10.9. The summed E-state index contributed by atoms with van der Waals surface area (Å²) in [4.78, 5) is 50.0. The second kappa shape index (κ2) is 14.7. The standard InChI is InChI=1S/C33H30N4O6/c1-3-19-42-26-17-13-24(14-18-26)33(41)43-27-15-11-23(12-16-27)21-34-37-32(40)31(39)36-29-10-5-4-9-28(29)30(38)35-25-8-6-7-22(2)20-25/h4-18,20-21H,3,19H2,1-2H3,(H,35,38)(H,36,39)(H,37,40)/b34-21+. The van der Waals surface area contributed by atoms with E-state index >= 15 is 0 Å². The lowest BCUT2D eigenvalue weighted by Gasteiger charge is -2.11. The minimum Gasteiger partial charge on any atom is -0.494 e. The lowest BCUT2D eigenvalue weighted by molar-refractivity contribution is -0.136. The SMILES string of the molecule is CCCOc1ccc(C(=O)Oc2ccc(/C=N/NC(=O)C(=O)Nc3ccccc3C(=O)Nc3cccc(C)c3)cc2)cc1. The summed E-state index contributed by atoms with van der Waals surface area (Å²) in [5.74, 6) is -1.98. The number of nitrogens with zero attached hydrogens (tertiary/aromatic N) is 1. The highest BCUT2D eigenvalue weighted by Gasteiger charge is 2.18. The van der Waals surface area contributed by atoms with Gasteiger partial charge in [-0.2, -0.15) is 5.10 Å². The molecule has 0 spiro atoms. The van der Waals surface area contributed by atoms with Crippen LogP contribution in [0, 0.1) is 6.92 Å². The van der Waals surface area contributed by atoms with E-state index in [0.29, 0.717) is 34.9 Å². The quantitative estimate of drug-likeness (QED) is 0.0764. The van der Waals surface area contributed by atoms with E-state index in [-0.39, 0.29) is 11.3 Å². The number of anilines is 2. The molecular weight excluding hydrogens is 548 g/mol. The molecule has 3 N–H and O–H groups in total. The normalized spacial score (nSPS) is 10.6. The maximum atomic E-state index is 12.8. The van der Waals surface area contributed by atoms with Gasteiger partial charge in [-0.15, -0.1) is 0 Å². The number of hydrazone groups is 1. The molecule has 0 aliphatic rings. The Kier molecular flexibility index (Phi) is 10.4. The third kappa shape index (κ3) is 8.86. The van der Waals surface area contributed by atoms with Crippen LogP contribution in [0.1, 0.15) is 45.2 Å². The first-order valence-corrected chi connectivity index (χ1v) is 13.5. The maximum absolute atomic E-state index is 12.8. The highest BCUT2D eigenvalue weighted by atomic mass is 16.5. The monoisotopic (exact) mass is 578 g/mol. The molecule has 0 bridgehead atoms. The summed E-state index contributed by atoms with van der Waals surface area (Å²) in [5.41, 5.74) is 5.05. The van der Waals surface area contributed by atoms with Crippen LogP contribution in [0.4, 0.5) is 11.4 Å². The fourth-order valence-corrected chi connectivity index (χ4v) is 3.80. The third-order valence-electron chi connectivity index (χ3n) is 5.94. The van der Waals surface area contributed by atoms with Crippen LogP contribution >= 0.6 is 0 Å². The van der Waals surface area contributed by atoms with Crippen molar-refractivity contribution in [3.63, 3.8) is 0 Å². The molecule has 4 aromatic rings. The number of para-hydroxylation sites is 1. The van der Waals surface area contributed by atoms with Gasteiger partial charge in [-0.3, -0.25) is 14.4 Å². The molecule has 0 saturated heterocycles. The summed E-state index contributed by atoms with van der Waals surface area (Å²) >= 11 is 0. The lowest BCUT2D eigenvalue weighted by Crippen LogP contribution is -2.33. The van der Waals surface area contributed by atoms with Crippen LogP contribution in [0.15, 0.2) is 102 Å². The van der Waals surface area contributed by atoms with Crippen molar-refractivity contribution in [2.75, 3.05) is 17.2 Å². The smallest absolute Gasteiger partial charge is 0.343 e. The van der Waals surface area contributed by atoms with E-state index in [4.69, 9.17) is 9.47 Å². The molecule has 0 radical (unpaired) electrons. The summed E-state index contributed by atoms with van der Waals surface area (Å²) in [7, 11) is 0. The molecule has 4 aromatic carbocycles. The van der Waals surface area contributed by atoms with Crippen molar-refractivity contribution in [3.8, 4) is 11.5 Å². The number of ether oxygens (including phenoxy) is 2. The number of hydrogen-bond acceptors (Lipinski definition) is 7. The van der Waals surface area contributed by atoms with Gasteiger partial charge >= 0.3 is 17.8 Å². The number of hydrogen-bond donors (Lipinski definition) is 3. The van der Waals surface area contributed by atoms with Gasteiger partial charge in [-0.05, 0) is 97.3 Å². The van der Waals surface area contributed by atoms with Crippen LogP contribution < -0.4 is 25.5 Å². The molecule has 0 unspecified atom stereocenters. The van der Waals surface area contributed by atoms with Crippen molar-refractivity contribution in [2.24, 2.45) is 5.10 Å². The molecule has 0 aliphatic heterocycles. The largest absolute Gasteiger partial charge is 0.494 e. The minimum absolute atomic E-state index is 0.169. The summed E-state index contributed by atoms with van der Waals surface area (Å²) in [5, 5.41) is 9.03. The number of carbonyl (C=O) groups is 4. The first-order chi connectivity index (χ1) is 20.8. The van der Waals surface area contributed by atoms with Crippen molar-refractivity contribution in [2.45, 2.75) is 20.3 Å². The molecule has 3 amide bonds. The first kappa shape index (κ1) is 30.2. The van der Waals surface area contributed by atoms with E-state index in [1.54, 1.807) is 66.7 Å². The second-order valence-electron chi connectivity index (χ2n) is 9.35. The van der Waals surface area contributed by atoms with Gasteiger partial charge in [-0.25, -0.2) is 10.2 Å². The zero-order chi connectivity index (χ0) is 30.6. The fraction of sp³-hybridized carbons (Fsp3) is 0.121. The highest BCUT2D eigenvalue weighted by molar-refractivity contribution is 6.40. The van der Waals surface area contributed by atoms with Gasteiger partial charge in [0.15, 0.2) is 0 Å². The Bertz CT molecular complexity index is 1630. The van der Waals surface area contributed by atoms with Crippen LogP contribution in [-0.4, -0.2) is 36.5 Å². The third-order valence-corrected chi connectivity index (χ3v) is 5.94. The second-order valence-corrected chi connectivity index (χ2v) is 9.35. The Morgan fingerprint density at radius 3 is 2.23 bits per heavy atom. The molecule has 10 heteroatoms. The average molecular weight is 579 g/mol. The zero-order valence-corrected chi connectivity index (χ0v) is 23.6. The number of nitrogens with one attached hydrogen (secondary N) is 3. The fourth-order valence-electron chi connectivity index (χ4n) is 3.80. The Balaban J connectivity index is 1.28. The molecule has 0 heterocycles. The van der Waals surface area contributed by atoms with Gasteiger partial charge in [0.05, 0.1) is 29.6 Å². The van der Waals surface area contributed by atoms with Crippen LogP contribution in [0.25, 0.3) is 0 Å². The number of benzene rings is 4. The van der Waals surface area contributed by atoms with E-state index in [1.807, 2.05) is 32.0 Å². The van der Waals surface area contributed by atoms with Crippen molar-refractivity contribution >= 4 is 41.3 Å². The van der Waals surface area contributed by atoms with Gasteiger partial charge in [-0.1, -0.05) is 31.2 Å². The van der Waals surface area contributed by atoms with Gasteiger partial charge in [0.25, 0.3) is 5.91 Å². The summed E-state index contributed by atoms with van der Waals surface area (Å²) in [6.45, 7) is 4.51. The molecule has 4 rings (SSSR count). The Labute approximate surface area is 248 Å². The van der Waals surface area contributed by atoms with Gasteiger partial charge in [0.1, 0.15) is 11.5 Å². The van der Waals surface area contributed by atoms with E-state index in [0.717, 1.165) is 12.0 Å². The van der Waals surface area contributed by atoms with Crippen LogP contribution in [-0.2, 0) is 9.59 Å². The summed E-state index contributed by atoms with van der Waals surface area (Å²) in [6.07, 6.45) is 2.22. The molecule has 0 atom stereocenters. The van der Waals surface area contributed by atoms with E-state index < -0.39 is 23.7 Å². The van der Waals surface area contributed by atoms with Crippen molar-refractivity contribution in [1.29, 1.82) is 0 Å². The van der Waals surface area contributed by atoms with Crippen molar-refractivity contribution < 1.29 is 28.7 Å². The molecule has 43 heavy (non-hydrogen) atoms. The summed E-state index contributed by atoms with van der Waals surface area (Å²) in [6, 6.07) is 26.7. The van der Waals surface area contributed by atoms with Gasteiger partial charge in [0.2, 0.25) is 0 Å². The molecule has 10 nitrogen and oxygen atoms in total. The molecular formula is C33H30N4O6. The van der Waals surface area contributed by atoms with E-state index in [2.05, 4.69) is 21.2 Å². The van der Waals surface area contributed by atoms with Crippen molar-refractivity contribution in [3.05, 3.63) is 119 Å². The zero-order valence-electron chi connectivity index (χ0n) is 23.6. The Hall–Kier alpha value is -5.77. The Morgan fingerprint density at radius 1 is 0.791 bits per heavy atom. The Morgan fingerprint density at radius 2 is 1.51 bits per heavy atom. The number of aryl methyl sites for hydroxylation is 1. The molecule has 218 valence electrons. The van der Waals surface area contributed by atoms with E-state index in [9.17, 15) is 19.2 Å². The molecule has 0 saturated carbocycles. The molecule has 0 aliphatic carbocycles. The first-order valence-electron chi connectivity index (χ1n) is 13.5.